The number of unbranched alkanes of at least 4 members (excludes halogenated alkanes) is 1. The lowest BCUT2D eigenvalue weighted by Gasteiger charge is -2.08. The van der Waals surface area contributed by atoms with E-state index in [1.165, 1.54) is 11.3 Å². The summed E-state index contributed by atoms with van der Waals surface area (Å²) in [6.07, 6.45) is 2.11. The molecule has 0 atom stereocenters. The van der Waals surface area contributed by atoms with E-state index in [2.05, 4.69) is 56.2 Å². The van der Waals surface area contributed by atoms with Crippen LogP contribution in [0.4, 0.5) is 0 Å². The molecule has 17 heavy (non-hydrogen) atoms. The van der Waals surface area contributed by atoms with E-state index >= 15 is 0 Å². The number of nitrogens with zero attached hydrogens (tertiary/aromatic N) is 1. The van der Waals surface area contributed by atoms with Gasteiger partial charge in [0.1, 0.15) is 0 Å². The number of rotatable bonds is 6. The van der Waals surface area contributed by atoms with Crippen LogP contribution in [0, 0.1) is 0 Å². The summed E-state index contributed by atoms with van der Waals surface area (Å²) in [6, 6.07) is 1.84. The first kappa shape index (κ1) is 15.1. The summed E-state index contributed by atoms with van der Waals surface area (Å²) in [7, 11) is 4.11. The minimum atomic E-state index is 0.00579. The second-order valence-electron chi connectivity index (χ2n) is 4.00. The van der Waals surface area contributed by atoms with Crippen molar-refractivity contribution in [2.75, 3.05) is 27.2 Å². The van der Waals surface area contributed by atoms with Crippen molar-refractivity contribution < 1.29 is 4.79 Å². The highest BCUT2D eigenvalue weighted by Crippen LogP contribution is 2.32. The zero-order valence-corrected chi connectivity index (χ0v) is 13.9. The fourth-order valence-electron chi connectivity index (χ4n) is 1.30. The van der Waals surface area contributed by atoms with Gasteiger partial charge in [0.15, 0.2) is 0 Å². The van der Waals surface area contributed by atoms with E-state index in [1.807, 2.05) is 6.07 Å². The van der Waals surface area contributed by atoms with Crippen LogP contribution in [-0.4, -0.2) is 38.0 Å². The molecule has 0 spiro atoms. The SMILES string of the molecule is CN(C)CCCCNC(=O)c1cc(Br)c(Br)s1. The Kier molecular flexibility index (Phi) is 6.69. The second-order valence-corrected chi connectivity index (χ2v) is 7.22. The molecule has 0 aliphatic heterocycles. The molecule has 0 fully saturated rings. The maximum atomic E-state index is 11.8. The molecule has 3 nitrogen and oxygen atoms in total. The van der Waals surface area contributed by atoms with Crippen LogP contribution in [-0.2, 0) is 0 Å². The summed E-state index contributed by atoms with van der Waals surface area (Å²) in [5.41, 5.74) is 0. The quantitative estimate of drug-likeness (QED) is 0.764. The van der Waals surface area contributed by atoms with Crippen LogP contribution in [0.5, 0.6) is 0 Å². The lowest BCUT2D eigenvalue weighted by molar-refractivity contribution is 0.0957. The number of nitrogens with one attached hydrogen (secondary N) is 1. The van der Waals surface area contributed by atoms with Gasteiger partial charge in [-0.2, -0.15) is 0 Å². The number of carbonyl (C=O) groups excluding carboxylic acids is 1. The van der Waals surface area contributed by atoms with Crippen LogP contribution in [0.15, 0.2) is 14.3 Å². The second kappa shape index (κ2) is 7.51. The average molecular weight is 384 g/mol. The summed E-state index contributed by atoms with van der Waals surface area (Å²) >= 11 is 8.19. The molecule has 0 radical (unpaired) electrons. The molecule has 0 bridgehead atoms. The predicted octanol–water partition coefficient (Wildman–Crippen LogP) is 3.34. The summed E-state index contributed by atoms with van der Waals surface area (Å²) in [6.45, 7) is 1.80. The molecule has 0 aromatic carbocycles. The van der Waals surface area contributed by atoms with Crippen LogP contribution in [0.1, 0.15) is 22.5 Å². The summed E-state index contributed by atoms with van der Waals surface area (Å²) in [5.74, 6) is 0.00579. The van der Waals surface area contributed by atoms with Crippen molar-refractivity contribution in [2.45, 2.75) is 12.8 Å². The Morgan fingerprint density at radius 3 is 2.65 bits per heavy atom. The van der Waals surface area contributed by atoms with Crippen LogP contribution < -0.4 is 5.32 Å². The highest BCUT2D eigenvalue weighted by molar-refractivity contribution is 9.13. The van der Waals surface area contributed by atoms with Crippen molar-refractivity contribution in [3.63, 3.8) is 0 Å². The highest BCUT2D eigenvalue weighted by Gasteiger charge is 2.10. The van der Waals surface area contributed by atoms with Crippen molar-refractivity contribution in [3.05, 3.63) is 19.2 Å². The van der Waals surface area contributed by atoms with Gasteiger partial charge in [-0.05, 0) is 71.4 Å². The first-order valence-electron chi connectivity index (χ1n) is 5.38. The third-order valence-electron chi connectivity index (χ3n) is 2.19. The van der Waals surface area contributed by atoms with Gasteiger partial charge in [0.25, 0.3) is 5.91 Å². The van der Waals surface area contributed by atoms with Crippen molar-refractivity contribution in [1.29, 1.82) is 0 Å². The van der Waals surface area contributed by atoms with Gasteiger partial charge in [-0.3, -0.25) is 4.79 Å². The van der Waals surface area contributed by atoms with Crippen molar-refractivity contribution in [2.24, 2.45) is 0 Å². The van der Waals surface area contributed by atoms with E-state index in [4.69, 9.17) is 0 Å². The molecule has 96 valence electrons. The average Bonchev–Trinajstić information content (AvgIpc) is 2.58. The Balaban J connectivity index is 2.26. The minimum Gasteiger partial charge on any atom is -0.351 e. The minimum absolute atomic E-state index is 0.00579. The van der Waals surface area contributed by atoms with E-state index < -0.39 is 0 Å². The monoisotopic (exact) mass is 382 g/mol. The molecular formula is C11H16Br2N2OS. The Bertz CT molecular complexity index is 360. The summed E-state index contributed by atoms with van der Waals surface area (Å²) in [5, 5.41) is 2.92. The molecule has 0 saturated carbocycles. The third-order valence-corrected chi connectivity index (χ3v) is 5.44. The van der Waals surface area contributed by atoms with Crippen molar-refractivity contribution in [1.82, 2.24) is 10.2 Å². The lowest BCUT2D eigenvalue weighted by atomic mass is 10.3. The van der Waals surface area contributed by atoms with Gasteiger partial charge >= 0.3 is 0 Å². The molecule has 6 heteroatoms. The van der Waals surface area contributed by atoms with Crippen LogP contribution in [0.3, 0.4) is 0 Å². The largest absolute Gasteiger partial charge is 0.351 e. The van der Waals surface area contributed by atoms with Gasteiger partial charge in [0.05, 0.1) is 8.66 Å². The first-order valence-corrected chi connectivity index (χ1v) is 7.78. The Morgan fingerprint density at radius 1 is 1.41 bits per heavy atom. The van der Waals surface area contributed by atoms with E-state index in [1.54, 1.807) is 0 Å². The Hall–Kier alpha value is 0.0900. The summed E-state index contributed by atoms with van der Waals surface area (Å²) in [4.78, 5) is 14.6. The fraction of sp³-hybridized carbons (Fsp3) is 0.545. The van der Waals surface area contributed by atoms with Crippen LogP contribution in [0.2, 0.25) is 0 Å². The maximum absolute atomic E-state index is 11.8. The molecule has 0 unspecified atom stereocenters. The molecule has 0 aliphatic carbocycles. The number of carbonyl (C=O) groups is 1. The first-order chi connectivity index (χ1) is 8.00. The third kappa shape index (κ3) is 5.50. The molecule has 0 aliphatic rings. The van der Waals surface area contributed by atoms with E-state index in [9.17, 15) is 4.79 Å². The smallest absolute Gasteiger partial charge is 0.261 e. The van der Waals surface area contributed by atoms with E-state index in [-0.39, 0.29) is 5.91 Å². The molecular weight excluding hydrogens is 368 g/mol. The van der Waals surface area contributed by atoms with Crippen LogP contribution in [0.25, 0.3) is 0 Å². The van der Waals surface area contributed by atoms with Crippen molar-refractivity contribution >= 4 is 49.1 Å². The maximum Gasteiger partial charge on any atom is 0.261 e. The van der Waals surface area contributed by atoms with Crippen molar-refractivity contribution in [3.8, 4) is 0 Å². The van der Waals surface area contributed by atoms with Crippen LogP contribution >= 0.6 is 43.2 Å². The standard InChI is InChI=1S/C11H16Br2N2OS/c1-15(2)6-4-3-5-14-11(16)9-7-8(12)10(13)17-9/h7H,3-6H2,1-2H3,(H,14,16). The zero-order chi connectivity index (χ0) is 12.8. The molecule has 1 aromatic rings. The number of hydrogen-bond donors (Lipinski definition) is 1. The molecule has 1 rings (SSSR count). The number of amides is 1. The molecule has 1 N–H and O–H groups in total. The Labute approximate surface area is 123 Å². The fourth-order valence-corrected chi connectivity index (χ4v) is 3.25. The number of hydrogen-bond acceptors (Lipinski definition) is 3. The lowest BCUT2D eigenvalue weighted by Crippen LogP contribution is -2.24. The molecule has 0 saturated heterocycles. The predicted molar refractivity (Wildman–Crippen MR) is 79.8 cm³/mol. The van der Waals surface area contributed by atoms with E-state index in [0.29, 0.717) is 0 Å². The number of halogens is 2. The van der Waals surface area contributed by atoms with Gasteiger partial charge < -0.3 is 10.2 Å². The topological polar surface area (TPSA) is 32.3 Å². The molecule has 1 heterocycles. The zero-order valence-electron chi connectivity index (χ0n) is 9.93. The molecule has 1 aromatic heterocycles. The normalized spacial score (nSPS) is 10.9. The van der Waals surface area contributed by atoms with Gasteiger partial charge in [-0.15, -0.1) is 11.3 Å². The van der Waals surface area contributed by atoms with E-state index in [0.717, 1.165) is 39.1 Å². The number of thiophene rings is 1. The van der Waals surface area contributed by atoms with Gasteiger partial charge in [-0.1, -0.05) is 0 Å². The van der Waals surface area contributed by atoms with Gasteiger partial charge in [-0.25, -0.2) is 0 Å². The van der Waals surface area contributed by atoms with Gasteiger partial charge in [0.2, 0.25) is 0 Å². The Morgan fingerprint density at radius 2 is 2.12 bits per heavy atom. The summed E-state index contributed by atoms with van der Waals surface area (Å²) < 4.78 is 1.88. The molecule has 1 amide bonds. The highest BCUT2D eigenvalue weighted by atomic mass is 79.9. The van der Waals surface area contributed by atoms with Gasteiger partial charge in [0, 0.05) is 11.0 Å².